The fourth-order valence-corrected chi connectivity index (χ4v) is 4.09. The van der Waals surface area contributed by atoms with Crippen LogP contribution in [0.5, 0.6) is 5.75 Å². The summed E-state index contributed by atoms with van der Waals surface area (Å²) in [6.45, 7) is 1.98. The van der Waals surface area contributed by atoms with Crippen molar-refractivity contribution in [2.45, 2.75) is 29.9 Å². The molecule has 1 atom stereocenters. The minimum absolute atomic E-state index is 0.0747. The van der Waals surface area contributed by atoms with E-state index in [9.17, 15) is 9.59 Å². The normalized spacial score (nSPS) is 11.4. The SMILES string of the molecule is CCC(Sc1cccc(NC(=O)Cc2ccccc2)c1)C(=O)Nc1ccccc1OC. The van der Waals surface area contributed by atoms with Crippen LogP contribution in [-0.2, 0) is 16.0 Å². The highest BCUT2D eigenvalue weighted by atomic mass is 32.2. The summed E-state index contributed by atoms with van der Waals surface area (Å²) in [6.07, 6.45) is 0.980. The molecule has 0 saturated carbocycles. The van der Waals surface area contributed by atoms with Gasteiger partial charge in [-0.2, -0.15) is 0 Å². The number of anilines is 2. The summed E-state index contributed by atoms with van der Waals surface area (Å²) in [7, 11) is 1.58. The van der Waals surface area contributed by atoms with E-state index < -0.39 is 0 Å². The number of carbonyl (C=O) groups excluding carboxylic acids is 2. The van der Waals surface area contributed by atoms with Gasteiger partial charge in [-0.05, 0) is 42.3 Å². The number of hydrogen-bond acceptors (Lipinski definition) is 4. The minimum atomic E-state index is -0.278. The van der Waals surface area contributed by atoms with Crippen molar-refractivity contribution in [3.8, 4) is 5.75 Å². The summed E-state index contributed by atoms with van der Waals surface area (Å²) in [6, 6.07) is 24.5. The molecule has 0 saturated heterocycles. The number of nitrogens with one attached hydrogen (secondary N) is 2. The van der Waals surface area contributed by atoms with E-state index in [4.69, 9.17) is 4.74 Å². The molecule has 0 aliphatic heterocycles. The molecule has 0 radical (unpaired) electrons. The van der Waals surface area contributed by atoms with Crippen LogP contribution in [0.4, 0.5) is 11.4 Å². The molecular weight excluding hydrogens is 408 g/mol. The first-order chi connectivity index (χ1) is 15.1. The third-order valence-corrected chi connectivity index (χ3v) is 5.99. The van der Waals surface area contributed by atoms with Crippen LogP contribution >= 0.6 is 11.8 Å². The van der Waals surface area contributed by atoms with E-state index in [1.165, 1.54) is 11.8 Å². The van der Waals surface area contributed by atoms with Gasteiger partial charge in [0.05, 0.1) is 24.5 Å². The molecule has 3 aromatic rings. The molecule has 0 spiro atoms. The highest BCUT2D eigenvalue weighted by molar-refractivity contribution is 8.00. The lowest BCUT2D eigenvalue weighted by Crippen LogP contribution is -2.24. The molecule has 6 heteroatoms. The first-order valence-electron chi connectivity index (χ1n) is 10.1. The Hall–Kier alpha value is -3.25. The van der Waals surface area contributed by atoms with Crippen LogP contribution in [0.25, 0.3) is 0 Å². The summed E-state index contributed by atoms with van der Waals surface area (Å²) in [5.74, 6) is 0.462. The van der Waals surface area contributed by atoms with E-state index in [0.717, 1.165) is 10.5 Å². The molecular formula is C25H26N2O3S. The standard InChI is InChI=1S/C25H26N2O3S/c1-3-23(25(29)27-21-14-7-8-15-22(21)30-2)31-20-13-9-12-19(17-20)26-24(28)16-18-10-5-4-6-11-18/h4-15,17,23H,3,16H2,1-2H3,(H,26,28)(H,27,29). The van der Waals surface area contributed by atoms with Crippen LogP contribution in [0.2, 0.25) is 0 Å². The van der Waals surface area contributed by atoms with Gasteiger partial charge in [0, 0.05) is 10.6 Å². The molecule has 0 bridgehead atoms. The topological polar surface area (TPSA) is 67.4 Å². The minimum Gasteiger partial charge on any atom is -0.495 e. The fourth-order valence-electron chi connectivity index (χ4n) is 3.08. The predicted molar refractivity (Wildman–Crippen MR) is 127 cm³/mol. The van der Waals surface area contributed by atoms with Crippen molar-refractivity contribution < 1.29 is 14.3 Å². The molecule has 0 heterocycles. The van der Waals surface area contributed by atoms with E-state index in [1.807, 2.05) is 85.8 Å². The van der Waals surface area contributed by atoms with Crippen molar-refractivity contribution in [2.75, 3.05) is 17.7 Å². The van der Waals surface area contributed by atoms with Crippen molar-refractivity contribution >= 4 is 35.0 Å². The van der Waals surface area contributed by atoms with Gasteiger partial charge in [0.1, 0.15) is 5.75 Å². The zero-order valence-electron chi connectivity index (χ0n) is 17.6. The maximum Gasteiger partial charge on any atom is 0.237 e. The number of rotatable bonds is 9. The van der Waals surface area contributed by atoms with Gasteiger partial charge < -0.3 is 15.4 Å². The summed E-state index contributed by atoms with van der Waals surface area (Å²) in [4.78, 5) is 26.1. The van der Waals surface area contributed by atoms with Crippen LogP contribution in [0.1, 0.15) is 18.9 Å². The second kappa shape index (κ2) is 11.2. The third kappa shape index (κ3) is 6.62. The average molecular weight is 435 g/mol. The number of carbonyl (C=O) groups is 2. The Balaban J connectivity index is 1.62. The van der Waals surface area contributed by atoms with Gasteiger partial charge in [-0.3, -0.25) is 9.59 Å². The molecule has 3 aromatic carbocycles. The summed E-state index contributed by atoms with van der Waals surface area (Å²) >= 11 is 1.47. The summed E-state index contributed by atoms with van der Waals surface area (Å²) < 4.78 is 5.31. The van der Waals surface area contributed by atoms with Crippen LogP contribution in [-0.4, -0.2) is 24.2 Å². The van der Waals surface area contributed by atoms with Gasteiger partial charge in [-0.25, -0.2) is 0 Å². The molecule has 0 aliphatic rings. The first kappa shape index (κ1) is 22.4. The van der Waals surface area contributed by atoms with Gasteiger partial charge in [0.2, 0.25) is 11.8 Å². The largest absolute Gasteiger partial charge is 0.495 e. The first-order valence-corrected chi connectivity index (χ1v) is 11.0. The molecule has 0 aromatic heterocycles. The van der Waals surface area contributed by atoms with E-state index in [2.05, 4.69) is 10.6 Å². The Kier molecular flexibility index (Phi) is 8.12. The zero-order valence-corrected chi connectivity index (χ0v) is 18.4. The van der Waals surface area contributed by atoms with Crippen LogP contribution in [0.3, 0.4) is 0 Å². The Morgan fingerprint density at radius 2 is 1.68 bits per heavy atom. The lowest BCUT2D eigenvalue weighted by Gasteiger charge is -2.16. The van der Waals surface area contributed by atoms with E-state index >= 15 is 0 Å². The van der Waals surface area contributed by atoms with Crippen molar-refractivity contribution in [1.82, 2.24) is 0 Å². The molecule has 31 heavy (non-hydrogen) atoms. The second-order valence-corrected chi connectivity index (χ2v) is 8.22. The number of hydrogen-bond donors (Lipinski definition) is 2. The molecule has 2 N–H and O–H groups in total. The monoisotopic (exact) mass is 434 g/mol. The number of ether oxygens (including phenoxy) is 1. The van der Waals surface area contributed by atoms with Gasteiger partial charge >= 0.3 is 0 Å². The molecule has 160 valence electrons. The Morgan fingerprint density at radius 3 is 2.42 bits per heavy atom. The molecule has 5 nitrogen and oxygen atoms in total. The maximum absolute atomic E-state index is 12.8. The third-order valence-electron chi connectivity index (χ3n) is 4.63. The Morgan fingerprint density at radius 1 is 0.935 bits per heavy atom. The predicted octanol–water partition coefficient (Wildman–Crippen LogP) is 5.39. The lowest BCUT2D eigenvalue weighted by atomic mass is 10.1. The highest BCUT2D eigenvalue weighted by Gasteiger charge is 2.19. The molecule has 3 rings (SSSR count). The molecule has 2 amide bonds. The van der Waals surface area contributed by atoms with E-state index in [-0.39, 0.29) is 17.1 Å². The van der Waals surface area contributed by atoms with Crippen LogP contribution < -0.4 is 15.4 Å². The number of amides is 2. The fraction of sp³-hybridized carbons (Fsp3) is 0.200. The van der Waals surface area contributed by atoms with Gasteiger partial charge in [-0.1, -0.05) is 55.5 Å². The maximum atomic E-state index is 12.8. The number of thioether (sulfide) groups is 1. The van der Waals surface area contributed by atoms with Crippen LogP contribution in [0.15, 0.2) is 83.8 Å². The van der Waals surface area contributed by atoms with Crippen molar-refractivity contribution in [2.24, 2.45) is 0 Å². The van der Waals surface area contributed by atoms with E-state index in [0.29, 0.717) is 30.0 Å². The van der Waals surface area contributed by atoms with Gasteiger partial charge in [0.15, 0.2) is 0 Å². The quantitative estimate of drug-likeness (QED) is 0.443. The van der Waals surface area contributed by atoms with Crippen molar-refractivity contribution in [3.05, 3.63) is 84.4 Å². The van der Waals surface area contributed by atoms with Crippen molar-refractivity contribution in [3.63, 3.8) is 0 Å². The van der Waals surface area contributed by atoms with Crippen molar-refractivity contribution in [1.29, 1.82) is 0 Å². The molecule has 0 fully saturated rings. The number of para-hydroxylation sites is 2. The molecule has 1 unspecified atom stereocenters. The summed E-state index contributed by atoms with van der Waals surface area (Å²) in [5.41, 5.74) is 2.33. The molecule has 0 aliphatic carbocycles. The van der Waals surface area contributed by atoms with Gasteiger partial charge in [0.25, 0.3) is 0 Å². The average Bonchev–Trinajstić information content (AvgIpc) is 2.78. The number of methoxy groups -OCH3 is 1. The van der Waals surface area contributed by atoms with E-state index in [1.54, 1.807) is 7.11 Å². The van der Waals surface area contributed by atoms with Gasteiger partial charge in [-0.15, -0.1) is 11.8 Å². The smallest absolute Gasteiger partial charge is 0.237 e. The Labute approximate surface area is 187 Å². The second-order valence-electron chi connectivity index (χ2n) is 6.94. The summed E-state index contributed by atoms with van der Waals surface area (Å²) in [5, 5.41) is 5.61. The highest BCUT2D eigenvalue weighted by Crippen LogP contribution is 2.30. The zero-order chi connectivity index (χ0) is 22.1. The Bertz CT molecular complexity index is 1020. The van der Waals surface area contributed by atoms with Crippen LogP contribution in [0, 0.1) is 0 Å². The lowest BCUT2D eigenvalue weighted by molar-refractivity contribution is -0.116. The number of benzene rings is 3.